The number of fused-ring (bicyclic) bond motifs is 3. The first-order valence-electron chi connectivity index (χ1n) is 6.99. The Morgan fingerprint density at radius 2 is 2.30 bits per heavy atom. The first-order valence-corrected chi connectivity index (χ1v) is 7.81. The fraction of sp³-hybridized carbons (Fsp3) is 0.500. The van der Waals surface area contributed by atoms with E-state index >= 15 is 0 Å². The van der Waals surface area contributed by atoms with E-state index in [-0.39, 0.29) is 11.5 Å². The van der Waals surface area contributed by atoms with Gasteiger partial charge in [-0.3, -0.25) is 9.59 Å². The average Bonchev–Trinajstić information content (AvgIpc) is 2.96. The van der Waals surface area contributed by atoms with Gasteiger partial charge in [0, 0.05) is 24.3 Å². The molecule has 106 valence electrons. The third-order valence-corrected chi connectivity index (χ3v) is 4.77. The lowest BCUT2D eigenvalue weighted by atomic mass is 10.2. The quantitative estimate of drug-likeness (QED) is 0.897. The molecule has 0 saturated heterocycles. The van der Waals surface area contributed by atoms with Crippen molar-refractivity contribution in [2.24, 2.45) is 0 Å². The van der Waals surface area contributed by atoms with Crippen molar-refractivity contribution in [1.29, 1.82) is 0 Å². The largest absolute Gasteiger partial charge is 0.356 e. The first kappa shape index (κ1) is 13.3. The zero-order valence-corrected chi connectivity index (χ0v) is 12.2. The van der Waals surface area contributed by atoms with Gasteiger partial charge in [0.05, 0.1) is 5.39 Å². The summed E-state index contributed by atoms with van der Waals surface area (Å²) in [7, 11) is 0. The Morgan fingerprint density at radius 3 is 3.10 bits per heavy atom. The van der Waals surface area contributed by atoms with Gasteiger partial charge >= 0.3 is 0 Å². The molecule has 1 amide bonds. The lowest BCUT2D eigenvalue weighted by molar-refractivity contribution is -0.120. The predicted molar refractivity (Wildman–Crippen MR) is 79.3 cm³/mol. The maximum atomic E-state index is 12.2. The fourth-order valence-corrected chi connectivity index (χ4v) is 3.96. The monoisotopic (exact) mass is 291 g/mol. The van der Waals surface area contributed by atoms with Gasteiger partial charge in [0.2, 0.25) is 5.91 Å². The fourth-order valence-electron chi connectivity index (χ4n) is 2.68. The van der Waals surface area contributed by atoms with Gasteiger partial charge in [0.25, 0.3) is 5.56 Å². The molecule has 0 aromatic carbocycles. The molecule has 0 saturated carbocycles. The Bertz CT molecular complexity index is 717. The number of carbonyl (C=O) groups excluding carboxylic acids is 1. The smallest absolute Gasteiger partial charge is 0.259 e. The normalized spacial score (nSPS) is 13.7. The van der Waals surface area contributed by atoms with Gasteiger partial charge in [-0.25, -0.2) is 4.98 Å². The molecule has 0 spiro atoms. The molecule has 3 rings (SSSR count). The highest BCUT2D eigenvalue weighted by Gasteiger charge is 2.21. The van der Waals surface area contributed by atoms with Gasteiger partial charge < -0.3 is 10.3 Å². The standard InChI is InChI=1S/C14H17N3O2S/c1-2-15-11(18)7-6-10-16-13(19)12-8-4-3-5-9(8)20-14(12)17-10/h2-7H2,1H3,(H,15,18)(H,16,17,19). The van der Waals surface area contributed by atoms with Crippen LogP contribution >= 0.6 is 11.3 Å². The molecule has 0 unspecified atom stereocenters. The van der Waals surface area contributed by atoms with Crippen LogP contribution in [0.15, 0.2) is 4.79 Å². The summed E-state index contributed by atoms with van der Waals surface area (Å²) in [5.41, 5.74) is 1.13. The van der Waals surface area contributed by atoms with E-state index in [2.05, 4.69) is 15.3 Å². The maximum Gasteiger partial charge on any atom is 0.259 e. The van der Waals surface area contributed by atoms with E-state index in [4.69, 9.17) is 0 Å². The highest BCUT2D eigenvalue weighted by atomic mass is 32.1. The van der Waals surface area contributed by atoms with Gasteiger partial charge in [-0.05, 0) is 31.7 Å². The van der Waals surface area contributed by atoms with Crippen molar-refractivity contribution in [3.05, 3.63) is 26.6 Å². The van der Waals surface area contributed by atoms with Gasteiger partial charge in [0.1, 0.15) is 10.7 Å². The van der Waals surface area contributed by atoms with Crippen LogP contribution in [-0.4, -0.2) is 22.4 Å². The summed E-state index contributed by atoms with van der Waals surface area (Å²) < 4.78 is 0. The van der Waals surface area contributed by atoms with Crippen molar-refractivity contribution in [3.63, 3.8) is 0 Å². The summed E-state index contributed by atoms with van der Waals surface area (Å²) in [5, 5.41) is 3.51. The molecular formula is C14H17N3O2S. The van der Waals surface area contributed by atoms with E-state index in [1.807, 2.05) is 6.92 Å². The molecule has 1 aliphatic carbocycles. The molecule has 0 fully saturated rings. The molecule has 0 atom stereocenters. The summed E-state index contributed by atoms with van der Waals surface area (Å²) in [6, 6.07) is 0. The summed E-state index contributed by atoms with van der Waals surface area (Å²) in [6.45, 7) is 2.51. The van der Waals surface area contributed by atoms with Crippen LogP contribution < -0.4 is 10.9 Å². The van der Waals surface area contributed by atoms with E-state index in [1.165, 1.54) is 10.4 Å². The number of carbonyl (C=O) groups is 1. The van der Waals surface area contributed by atoms with Crippen LogP contribution in [0.25, 0.3) is 10.2 Å². The van der Waals surface area contributed by atoms with Crippen molar-refractivity contribution in [3.8, 4) is 0 Å². The Kier molecular flexibility index (Phi) is 3.56. The van der Waals surface area contributed by atoms with E-state index in [0.29, 0.717) is 25.2 Å². The predicted octanol–water partition coefficient (Wildman–Crippen LogP) is 1.54. The van der Waals surface area contributed by atoms with Crippen LogP contribution in [0, 0.1) is 0 Å². The minimum atomic E-state index is -0.0553. The Balaban J connectivity index is 1.87. The SMILES string of the molecule is CCNC(=O)CCc1nc2sc3c(c2c(=O)[nH]1)CCC3. The third-order valence-electron chi connectivity index (χ3n) is 3.59. The number of rotatable bonds is 4. The van der Waals surface area contributed by atoms with E-state index < -0.39 is 0 Å². The van der Waals surface area contributed by atoms with Gasteiger partial charge in [-0.1, -0.05) is 0 Å². The molecule has 6 heteroatoms. The minimum absolute atomic E-state index is 0.0103. The number of amides is 1. The highest BCUT2D eigenvalue weighted by Crippen LogP contribution is 2.34. The van der Waals surface area contributed by atoms with Crippen molar-refractivity contribution < 1.29 is 4.79 Å². The Labute approximate surface area is 120 Å². The third kappa shape index (κ3) is 2.35. The van der Waals surface area contributed by atoms with Crippen molar-refractivity contribution in [2.45, 2.75) is 39.0 Å². The zero-order chi connectivity index (χ0) is 14.1. The summed E-state index contributed by atoms with van der Waals surface area (Å²) in [4.78, 5) is 33.1. The number of H-pyrrole nitrogens is 1. The highest BCUT2D eigenvalue weighted by molar-refractivity contribution is 7.18. The number of aromatic nitrogens is 2. The molecule has 0 radical (unpaired) electrons. The van der Waals surface area contributed by atoms with Crippen molar-refractivity contribution >= 4 is 27.5 Å². The Morgan fingerprint density at radius 1 is 1.45 bits per heavy atom. The van der Waals surface area contributed by atoms with Crippen LogP contribution in [0.4, 0.5) is 0 Å². The summed E-state index contributed by atoms with van der Waals surface area (Å²) >= 11 is 1.63. The molecule has 0 aliphatic heterocycles. The molecular weight excluding hydrogens is 274 g/mol. The number of aromatic amines is 1. The summed E-state index contributed by atoms with van der Waals surface area (Å²) in [5.74, 6) is 0.595. The van der Waals surface area contributed by atoms with Crippen molar-refractivity contribution in [1.82, 2.24) is 15.3 Å². The van der Waals surface area contributed by atoms with E-state index in [1.54, 1.807) is 11.3 Å². The first-order chi connectivity index (χ1) is 9.69. The molecule has 2 N–H and O–H groups in total. The van der Waals surface area contributed by atoms with Crippen LogP contribution in [0.5, 0.6) is 0 Å². The molecule has 2 aromatic heterocycles. The number of hydrogen-bond donors (Lipinski definition) is 2. The molecule has 1 aliphatic rings. The van der Waals surface area contributed by atoms with Crippen LogP contribution in [-0.2, 0) is 24.1 Å². The molecule has 2 heterocycles. The number of aryl methyl sites for hydroxylation is 3. The summed E-state index contributed by atoms with van der Waals surface area (Å²) in [6.07, 6.45) is 4.00. The second-order valence-electron chi connectivity index (χ2n) is 5.00. The number of hydrogen-bond acceptors (Lipinski definition) is 4. The minimum Gasteiger partial charge on any atom is -0.356 e. The molecule has 2 aromatic rings. The average molecular weight is 291 g/mol. The molecule has 5 nitrogen and oxygen atoms in total. The lowest BCUT2D eigenvalue weighted by Gasteiger charge is -2.02. The topological polar surface area (TPSA) is 74.8 Å². The lowest BCUT2D eigenvalue weighted by Crippen LogP contribution is -2.23. The van der Waals surface area contributed by atoms with Gasteiger partial charge in [0.15, 0.2) is 0 Å². The van der Waals surface area contributed by atoms with Crippen LogP contribution in [0.3, 0.4) is 0 Å². The van der Waals surface area contributed by atoms with Crippen molar-refractivity contribution in [2.75, 3.05) is 6.54 Å². The van der Waals surface area contributed by atoms with Crippen LogP contribution in [0.1, 0.15) is 36.0 Å². The van der Waals surface area contributed by atoms with Gasteiger partial charge in [-0.15, -0.1) is 11.3 Å². The molecule has 0 bridgehead atoms. The Hall–Kier alpha value is -1.69. The van der Waals surface area contributed by atoms with Gasteiger partial charge in [-0.2, -0.15) is 0 Å². The zero-order valence-electron chi connectivity index (χ0n) is 11.4. The molecule has 20 heavy (non-hydrogen) atoms. The van der Waals surface area contributed by atoms with E-state index in [9.17, 15) is 9.59 Å². The number of nitrogens with zero attached hydrogens (tertiary/aromatic N) is 1. The van der Waals surface area contributed by atoms with E-state index in [0.717, 1.165) is 29.5 Å². The second-order valence-corrected chi connectivity index (χ2v) is 6.09. The maximum absolute atomic E-state index is 12.2. The van der Waals surface area contributed by atoms with Crippen LogP contribution in [0.2, 0.25) is 0 Å². The second kappa shape index (κ2) is 5.36. The number of nitrogens with one attached hydrogen (secondary N) is 2. The number of thiophene rings is 1.